The van der Waals surface area contributed by atoms with Crippen molar-refractivity contribution in [3.8, 4) is 0 Å². The minimum atomic E-state index is 0.513. The van der Waals surface area contributed by atoms with Crippen molar-refractivity contribution in [1.82, 2.24) is 14.9 Å². The van der Waals surface area contributed by atoms with Gasteiger partial charge in [0.2, 0.25) is 0 Å². The van der Waals surface area contributed by atoms with Gasteiger partial charge in [0.1, 0.15) is 5.82 Å². The Kier molecular flexibility index (Phi) is 5.36. The van der Waals surface area contributed by atoms with E-state index >= 15 is 0 Å². The van der Waals surface area contributed by atoms with E-state index in [1.807, 2.05) is 12.4 Å². The highest BCUT2D eigenvalue weighted by Crippen LogP contribution is 2.10. The van der Waals surface area contributed by atoms with Gasteiger partial charge in [-0.25, -0.2) is 4.98 Å². The van der Waals surface area contributed by atoms with E-state index in [2.05, 4.69) is 60.0 Å². The zero-order valence-corrected chi connectivity index (χ0v) is 12.8. The van der Waals surface area contributed by atoms with Gasteiger partial charge in [-0.1, -0.05) is 36.8 Å². The van der Waals surface area contributed by atoms with Crippen LogP contribution in [0.4, 0.5) is 0 Å². The first-order chi connectivity index (χ1) is 9.69. The second kappa shape index (κ2) is 7.25. The number of nitrogens with zero attached hydrogens (tertiary/aromatic N) is 2. The van der Waals surface area contributed by atoms with Crippen molar-refractivity contribution in [2.24, 2.45) is 7.05 Å². The Morgan fingerprint density at radius 3 is 2.60 bits per heavy atom. The van der Waals surface area contributed by atoms with Crippen LogP contribution in [0, 0.1) is 6.92 Å². The summed E-state index contributed by atoms with van der Waals surface area (Å²) in [5, 5.41) is 3.59. The topological polar surface area (TPSA) is 29.9 Å². The highest BCUT2D eigenvalue weighted by Gasteiger charge is 2.10. The van der Waals surface area contributed by atoms with E-state index in [9.17, 15) is 0 Å². The number of benzene rings is 1. The number of imidazole rings is 1. The lowest BCUT2D eigenvalue weighted by molar-refractivity contribution is 0.483. The third kappa shape index (κ3) is 4.20. The van der Waals surface area contributed by atoms with Crippen LogP contribution in [-0.2, 0) is 19.9 Å². The fourth-order valence-corrected chi connectivity index (χ4v) is 2.51. The molecule has 0 amide bonds. The van der Waals surface area contributed by atoms with Crippen LogP contribution in [-0.4, -0.2) is 22.1 Å². The van der Waals surface area contributed by atoms with Crippen LogP contribution in [0.1, 0.15) is 30.3 Å². The van der Waals surface area contributed by atoms with Crippen LogP contribution in [0.3, 0.4) is 0 Å². The molecule has 0 saturated heterocycles. The molecule has 1 heterocycles. The zero-order chi connectivity index (χ0) is 14.4. The Hall–Kier alpha value is -1.61. The van der Waals surface area contributed by atoms with E-state index in [0.717, 1.165) is 31.6 Å². The monoisotopic (exact) mass is 271 g/mol. The molecule has 3 heteroatoms. The Morgan fingerprint density at radius 1 is 1.25 bits per heavy atom. The maximum atomic E-state index is 4.40. The van der Waals surface area contributed by atoms with E-state index in [1.165, 1.54) is 11.1 Å². The normalized spacial score (nSPS) is 12.6. The summed E-state index contributed by atoms with van der Waals surface area (Å²) in [6.07, 6.45) is 7.10. The Balaban J connectivity index is 1.93. The molecule has 1 aromatic carbocycles. The number of nitrogens with one attached hydrogen (secondary N) is 1. The van der Waals surface area contributed by atoms with Gasteiger partial charge in [0.25, 0.3) is 0 Å². The summed E-state index contributed by atoms with van der Waals surface area (Å²) < 4.78 is 2.11. The maximum absolute atomic E-state index is 4.40. The quantitative estimate of drug-likeness (QED) is 0.839. The van der Waals surface area contributed by atoms with Gasteiger partial charge in [0.05, 0.1) is 0 Å². The Labute approximate surface area is 122 Å². The molecule has 20 heavy (non-hydrogen) atoms. The van der Waals surface area contributed by atoms with Crippen molar-refractivity contribution in [3.05, 3.63) is 53.6 Å². The van der Waals surface area contributed by atoms with Gasteiger partial charge in [-0.3, -0.25) is 0 Å². The second-order valence-electron chi connectivity index (χ2n) is 5.44. The number of hydrogen-bond acceptors (Lipinski definition) is 2. The fourth-order valence-electron chi connectivity index (χ4n) is 2.51. The minimum Gasteiger partial charge on any atom is -0.338 e. The molecule has 0 aliphatic heterocycles. The average molecular weight is 271 g/mol. The van der Waals surface area contributed by atoms with Gasteiger partial charge < -0.3 is 9.88 Å². The molecule has 1 aromatic heterocycles. The van der Waals surface area contributed by atoms with Crippen LogP contribution in [0.2, 0.25) is 0 Å². The van der Waals surface area contributed by atoms with Crippen molar-refractivity contribution in [1.29, 1.82) is 0 Å². The molecule has 0 saturated carbocycles. The summed E-state index contributed by atoms with van der Waals surface area (Å²) >= 11 is 0. The van der Waals surface area contributed by atoms with Crippen molar-refractivity contribution in [2.45, 2.75) is 39.2 Å². The number of aromatic nitrogens is 2. The Bertz CT molecular complexity index is 513. The number of hydrogen-bond donors (Lipinski definition) is 1. The van der Waals surface area contributed by atoms with Gasteiger partial charge in [0.15, 0.2) is 0 Å². The highest BCUT2D eigenvalue weighted by atomic mass is 15.0. The molecule has 1 atom stereocenters. The standard InChI is InChI=1S/C17H25N3/c1-4-18-16(9-10-17-19-11-12-20(17)3)13-15-7-5-14(2)6-8-15/h5-8,11-12,16,18H,4,9-10,13H2,1-3H3. The largest absolute Gasteiger partial charge is 0.338 e. The number of likely N-dealkylation sites (N-methyl/N-ethyl adjacent to an activating group) is 1. The van der Waals surface area contributed by atoms with E-state index in [4.69, 9.17) is 0 Å². The zero-order valence-electron chi connectivity index (χ0n) is 12.8. The van der Waals surface area contributed by atoms with Crippen LogP contribution < -0.4 is 5.32 Å². The van der Waals surface area contributed by atoms with Crippen molar-refractivity contribution in [3.63, 3.8) is 0 Å². The molecule has 2 rings (SSSR count). The molecule has 0 bridgehead atoms. The first-order valence-corrected chi connectivity index (χ1v) is 7.44. The lowest BCUT2D eigenvalue weighted by atomic mass is 10.0. The van der Waals surface area contributed by atoms with Gasteiger partial charge in [-0.05, 0) is 31.9 Å². The van der Waals surface area contributed by atoms with Crippen LogP contribution in [0.5, 0.6) is 0 Å². The van der Waals surface area contributed by atoms with Crippen molar-refractivity contribution >= 4 is 0 Å². The van der Waals surface area contributed by atoms with Gasteiger partial charge in [0, 0.05) is 31.9 Å². The molecule has 0 aliphatic rings. The first kappa shape index (κ1) is 14.8. The third-order valence-corrected chi connectivity index (χ3v) is 3.73. The molecule has 0 aliphatic carbocycles. The predicted molar refractivity (Wildman–Crippen MR) is 83.9 cm³/mol. The molecule has 0 fully saturated rings. The summed E-state index contributed by atoms with van der Waals surface area (Å²) in [6, 6.07) is 9.37. The summed E-state index contributed by atoms with van der Waals surface area (Å²) in [6.45, 7) is 5.31. The summed E-state index contributed by atoms with van der Waals surface area (Å²) in [5.74, 6) is 1.16. The van der Waals surface area contributed by atoms with Crippen molar-refractivity contribution < 1.29 is 0 Å². The molecule has 3 nitrogen and oxygen atoms in total. The highest BCUT2D eigenvalue weighted by molar-refractivity contribution is 5.22. The predicted octanol–water partition coefficient (Wildman–Crippen LogP) is 2.88. The number of rotatable bonds is 7. The smallest absolute Gasteiger partial charge is 0.108 e. The lowest BCUT2D eigenvalue weighted by Gasteiger charge is -2.18. The average Bonchev–Trinajstić information content (AvgIpc) is 2.84. The number of aryl methyl sites for hydroxylation is 3. The third-order valence-electron chi connectivity index (χ3n) is 3.73. The molecular formula is C17H25N3. The molecule has 0 spiro atoms. The second-order valence-corrected chi connectivity index (χ2v) is 5.44. The lowest BCUT2D eigenvalue weighted by Crippen LogP contribution is -2.31. The van der Waals surface area contributed by atoms with Crippen LogP contribution >= 0.6 is 0 Å². The van der Waals surface area contributed by atoms with Crippen molar-refractivity contribution in [2.75, 3.05) is 6.54 Å². The SMILES string of the molecule is CCNC(CCc1nccn1C)Cc1ccc(C)cc1. The summed E-state index contributed by atoms with van der Waals surface area (Å²) in [5.41, 5.74) is 2.73. The first-order valence-electron chi connectivity index (χ1n) is 7.44. The van der Waals surface area contributed by atoms with E-state index in [-0.39, 0.29) is 0 Å². The van der Waals surface area contributed by atoms with E-state index < -0.39 is 0 Å². The van der Waals surface area contributed by atoms with Gasteiger partial charge in [-0.2, -0.15) is 0 Å². The van der Waals surface area contributed by atoms with Gasteiger partial charge in [-0.15, -0.1) is 0 Å². The van der Waals surface area contributed by atoms with Crippen LogP contribution in [0.15, 0.2) is 36.7 Å². The summed E-state index contributed by atoms with van der Waals surface area (Å²) in [4.78, 5) is 4.40. The fraction of sp³-hybridized carbons (Fsp3) is 0.471. The minimum absolute atomic E-state index is 0.513. The molecule has 0 radical (unpaired) electrons. The van der Waals surface area contributed by atoms with E-state index in [0.29, 0.717) is 6.04 Å². The molecule has 1 N–H and O–H groups in total. The molecule has 1 unspecified atom stereocenters. The van der Waals surface area contributed by atoms with Gasteiger partial charge >= 0.3 is 0 Å². The maximum Gasteiger partial charge on any atom is 0.108 e. The molecular weight excluding hydrogens is 246 g/mol. The van der Waals surface area contributed by atoms with E-state index in [1.54, 1.807) is 0 Å². The molecule has 108 valence electrons. The Morgan fingerprint density at radius 2 is 2.00 bits per heavy atom. The molecule has 2 aromatic rings. The summed E-state index contributed by atoms with van der Waals surface area (Å²) in [7, 11) is 2.06. The van der Waals surface area contributed by atoms with Crippen LogP contribution in [0.25, 0.3) is 0 Å².